The number of rotatable bonds is 7. The van der Waals surface area contributed by atoms with Crippen LogP contribution in [0.2, 0.25) is 0 Å². The number of H-pyrrole nitrogens is 1. The summed E-state index contributed by atoms with van der Waals surface area (Å²) in [5, 5.41) is 9.96. The summed E-state index contributed by atoms with van der Waals surface area (Å²) in [6.07, 6.45) is 1.49. The lowest BCUT2D eigenvalue weighted by Gasteiger charge is -2.16. The molecular weight excluding hydrogens is 447 g/mol. The van der Waals surface area contributed by atoms with E-state index in [0.29, 0.717) is 34.5 Å². The SMILES string of the molecule is CCOc1ccc(-c2cnc(N)nc2Nc2n[nH]c3ccc(F)cc23)cc1S(=O)(=O)C(C)C. The number of anilines is 3. The first-order valence-corrected chi connectivity index (χ1v) is 11.8. The Balaban J connectivity index is 1.84. The Morgan fingerprint density at radius 2 is 1.97 bits per heavy atom. The number of hydrogen-bond acceptors (Lipinski definition) is 8. The highest BCUT2D eigenvalue weighted by molar-refractivity contribution is 7.92. The van der Waals surface area contributed by atoms with Crippen molar-refractivity contribution < 1.29 is 17.5 Å². The maximum absolute atomic E-state index is 13.8. The summed E-state index contributed by atoms with van der Waals surface area (Å²) in [7, 11) is -3.63. The fraction of sp³-hybridized carbons (Fsp3) is 0.227. The van der Waals surface area contributed by atoms with Gasteiger partial charge < -0.3 is 15.8 Å². The number of aromatic amines is 1. The number of sulfone groups is 1. The standard InChI is InChI=1S/C22H23FN6O3S/c1-4-32-18-8-5-13(9-19(18)33(30,31)12(2)3)16-11-25-22(24)27-20(16)26-21-15-10-14(23)6-7-17(15)28-29-21/h5-12H,4H2,1-3H3,(H4,24,25,26,27,28,29). The highest BCUT2D eigenvalue weighted by Crippen LogP contribution is 2.36. The molecule has 4 N–H and O–H groups in total. The van der Waals surface area contributed by atoms with Crippen LogP contribution in [0.15, 0.2) is 47.5 Å². The van der Waals surface area contributed by atoms with Gasteiger partial charge in [-0.2, -0.15) is 10.1 Å². The van der Waals surface area contributed by atoms with Gasteiger partial charge in [-0.05, 0) is 56.7 Å². The Morgan fingerprint density at radius 3 is 2.70 bits per heavy atom. The number of fused-ring (bicyclic) bond motifs is 1. The summed E-state index contributed by atoms with van der Waals surface area (Å²) < 4.78 is 45.3. The van der Waals surface area contributed by atoms with Gasteiger partial charge in [-0.15, -0.1) is 0 Å². The molecule has 4 rings (SSSR count). The van der Waals surface area contributed by atoms with E-state index in [9.17, 15) is 12.8 Å². The molecule has 11 heteroatoms. The Morgan fingerprint density at radius 1 is 1.18 bits per heavy atom. The molecular formula is C22H23FN6O3S. The number of nitrogen functional groups attached to an aromatic ring is 1. The molecule has 9 nitrogen and oxygen atoms in total. The molecule has 0 fully saturated rings. The molecule has 0 unspecified atom stereocenters. The Hall–Kier alpha value is -3.73. The number of aromatic nitrogens is 4. The molecule has 0 atom stereocenters. The molecule has 2 aromatic carbocycles. The van der Waals surface area contributed by atoms with Crippen LogP contribution in [0.4, 0.5) is 22.0 Å². The molecule has 2 aromatic heterocycles. The van der Waals surface area contributed by atoms with Crippen molar-refractivity contribution in [2.75, 3.05) is 17.7 Å². The minimum absolute atomic E-state index is 0.00762. The van der Waals surface area contributed by atoms with Gasteiger partial charge in [0.05, 0.1) is 17.4 Å². The van der Waals surface area contributed by atoms with Gasteiger partial charge in [0.2, 0.25) is 5.95 Å². The average molecular weight is 471 g/mol. The summed E-state index contributed by atoms with van der Waals surface area (Å²) in [6.45, 7) is 5.32. The van der Waals surface area contributed by atoms with Gasteiger partial charge in [-0.3, -0.25) is 5.10 Å². The number of nitrogens with zero attached hydrogens (tertiary/aromatic N) is 3. The van der Waals surface area contributed by atoms with Crippen LogP contribution >= 0.6 is 0 Å². The van der Waals surface area contributed by atoms with Crippen molar-refractivity contribution in [3.05, 3.63) is 48.4 Å². The first kappa shape index (κ1) is 22.5. The zero-order valence-corrected chi connectivity index (χ0v) is 19.1. The maximum atomic E-state index is 13.8. The molecule has 0 aliphatic rings. The predicted octanol–water partition coefficient (Wildman–Crippen LogP) is 4.07. The number of benzene rings is 2. The van der Waals surface area contributed by atoms with Gasteiger partial charge in [-0.25, -0.2) is 17.8 Å². The highest BCUT2D eigenvalue weighted by atomic mass is 32.2. The molecule has 0 saturated carbocycles. The zero-order valence-electron chi connectivity index (χ0n) is 18.3. The number of nitrogens with two attached hydrogens (primary N) is 1. The van der Waals surface area contributed by atoms with E-state index in [2.05, 4.69) is 25.5 Å². The quantitative estimate of drug-likeness (QED) is 0.368. The lowest BCUT2D eigenvalue weighted by atomic mass is 10.1. The Kier molecular flexibility index (Phi) is 5.90. The predicted molar refractivity (Wildman–Crippen MR) is 125 cm³/mol. The van der Waals surface area contributed by atoms with E-state index in [1.54, 1.807) is 39.0 Å². The fourth-order valence-electron chi connectivity index (χ4n) is 3.32. The second-order valence-corrected chi connectivity index (χ2v) is 10.0. The van der Waals surface area contributed by atoms with Crippen LogP contribution < -0.4 is 15.8 Å². The monoisotopic (exact) mass is 470 g/mol. The number of nitrogens with one attached hydrogen (secondary N) is 2. The van der Waals surface area contributed by atoms with E-state index in [1.165, 1.54) is 24.4 Å². The normalized spacial score (nSPS) is 11.8. The van der Waals surface area contributed by atoms with Gasteiger partial charge in [0.15, 0.2) is 15.7 Å². The first-order chi connectivity index (χ1) is 15.7. The zero-order chi connectivity index (χ0) is 23.8. The van der Waals surface area contributed by atoms with E-state index >= 15 is 0 Å². The first-order valence-electron chi connectivity index (χ1n) is 10.2. The third-order valence-corrected chi connectivity index (χ3v) is 7.22. The summed E-state index contributed by atoms with van der Waals surface area (Å²) in [5.41, 5.74) is 7.46. The van der Waals surface area contributed by atoms with Crippen LogP contribution in [-0.2, 0) is 9.84 Å². The van der Waals surface area contributed by atoms with Crippen molar-refractivity contribution in [3.8, 4) is 16.9 Å². The van der Waals surface area contributed by atoms with E-state index in [-0.39, 0.29) is 22.4 Å². The van der Waals surface area contributed by atoms with Crippen LogP contribution in [0.5, 0.6) is 5.75 Å². The molecule has 0 aliphatic carbocycles. The fourth-order valence-corrected chi connectivity index (χ4v) is 4.53. The van der Waals surface area contributed by atoms with Crippen LogP contribution in [0.1, 0.15) is 20.8 Å². The molecule has 0 saturated heterocycles. The van der Waals surface area contributed by atoms with Crippen molar-refractivity contribution in [2.24, 2.45) is 0 Å². The molecule has 0 aliphatic heterocycles. The lowest BCUT2D eigenvalue weighted by Crippen LogP contribution is -2.15. The highest BCUT2D eigenvalue weighted by Gasteiger charge is 2.25. The molecule has 33 heavy (non-hydrogen) atoms. The van der Waals surface area contributed by atoms with Crippen LogP contribution in [0.3, 0.4) is 0 Å². The van der Waals surface area contributed by atoms with Crippen molar-refractivity contribution in [3.63, 3.8) is 0 Å². The largest absolute Gasteiger partial charge is 0.493 e. The van der Waals surface area contributed by atoms with Crippen LogP contribution in [-0.4, -0.2) is 40.4 Å². The Bertz CT molecular complexity index is 1440. The van der Waals surface area contributed by atoms with Crippen molar-refractivity contribution in [2.45, 2.75) is 30.9 Å². The van der Waals surface area contributed by atoms with Crippen LogP contribution in [0, 0.1) is 5.82 Å². The van der Waals surface area contributed by atoms with Crippen molar-refractivity contribution in [1.29, 1.82) is 0 Å². The minimum atomic E-state index is -3.63. The van der Waals surface area contributed by atoms with Crippen molar-refractivity contribution >= 4 is 38.3 Å². The van der Waals surface area contributed by atoms with Gasteiger partial charge in [-0.1, -0.05) is 6.07 Å². The molecule has 0 spiro atoms. The van der Waals surface area contributed by atoms with Gasteiger partial charge in [0, 0.05) is 17.1 Å². The summed E-state index contributed by atoms with van der Waals surface area (Å²) in [6, 6.07) is 9.10. The van der Waals surface area contributed by atoms with Crippen molar-refractivity contribution in [1.82, 2.24) is 20.2 Å². The smallest absolute Gasteiger partial charge is 0.221 e. The molecule has 172 valence electrons. The van der Waals surface area contributed by atoms with Gasteiger partial charge >= 0.3 is 0 Å². The van der Waals surface area contributed by atoms with Crippen LogP contribution in [0.25, 0.3) is 22.0 Å². The lowest BCUT2D eigenvalue weighted by molar-refractivity contribution is 0.331. The summed E-state index contributed by atoms with van der Waals surface area (Å²) >= 11 is 0. The molecule has 0 radical (unpaired) electrons. The number of halogens is 1. The minimum Gasteiger partial charge on any atom is -0.493 e. The summed E-state index contributed by atoms with van der Waals surface area (Å²) in [4.78, 5) is 8.41. The molecule has 0 bridgehead atoms. The third-order valence-electron chi connectivity index (χ3n) is 5.05. The molecule has 4 aromatic rings. The van der Waals surface area contributed by atoms with E-state index in [1.807, 2.05) is 0 Å². The van der Waals surface area contributed by atoms with E-state index < -0.39 is 20.9 Å². The van der Waals surface area contributed by atoms with E-state index in [4.69, 9.17) is 10.5 Å². The maximum Gasteiger partial charge on any atom is 0.221 e. The molecule has 2 heterocycles. The second kappa shape index (κ2) is 8.66. The molecule has 0 amide bonds. The number of ether oxygens (including phenoxy) is 1. The third kappa shape index (κ3) is 4.31. The second-order valence-electron chi connectivity index (χ2n) is 7.57. The summed E-state index contributed by atoms with van der Waals surface area (Å²) in [5.74, 6) is 0.495. The van der Waals surface area contributed by atoms with Gasteiger partial charge in [0.1, 0.15) is 22.3 Å². The Labute approximate surface area is 190 Å². The average Bonchev–Trinajstić information content (AvgIpc) is 3.16. The number of hydrogen-bond donors (Lipinski definition) is 3. The van der Waals surface area contributed by atoms with Gasteiger partial charge in [0.25, 0.3) is 0 Å². The topological polar surface area (TPSA) is 136 Å². The van der Waals surface area contributed by atoms with E-state index in [0.717, 1.165) is 0 Å².